The molecule has 0 spiro atoms. The zero-order valence-electron chi connectivity index (χ0n) is 11.0. The molecule has 0 radical (unpaired) electrons. The first kappa shape index (κ1) is 13.4. The molecule has 1 aromatic rings. The second-order valence-electron chi connectivity index (χ2n) is 4.74. The predicted octanol–water partition coefficient (Wildman–Crippen LogP) is 0.0426. The number of anilines is 1. The van der Waals surface area contributed by atoms with E-state index >= 15 is 0 Å². The molecule has 19 heavy (non-hydrogen) atoms. The topological polar surface area (TPSA) is 104 Å². The van der Waals surface area contributed by atoms with Crippen molar-refractivity contribution in [1.82, 2.24) is 20.4 Å². The van der Waals surface area contributed by atoms with Gasteiger partial charge in [0.25, 0.3) is 5.91 Å². The average Bonchev–Trinajstić information content (AvgIpc) is 2.77. The maximum Gasteiger partial charge on any atom is 0.274 e. The molecule has 1 aliphatic heterocycles. The Balaban J connectivity index is 1.86. The van der Waals surface area contributed by atoms with Crippen LogP contribution in [-0.2, 0) is 4.79 Å². The first-order valence-corrected chi connectivity index (χ1v) is 6.46. The number of hydrogen-bond donors (Lipinski definition) is 3. The minimum atomic E-state index is -0.424. The summed E-state index contributed by atoms with van der Waals surface area (Å²) in [5.41, 5.74) is 6.81. The number of nitrogens with one attached hydrogen (secondary N) is 2. The molecule has 0 aliphatic carbocycles. The number of rotatable bonds is 3. The largest absolute Gasteiger partial charge is 0.395 e. The van der Waals surface area contributed by atoms with E-state index in [0.29, 0.717) is 11.4 Å². The summed E-state index contributed by atoms with van der Waals surface area (Å²) in [5.74, 6) is -0.480. The molecular weight excluding hydrogens is 246 g/mol. The molecule has 0 atom stereocenters. The third kappa shape index (κ3) is 3.04. The number of nitrogens with zero attached hydrogens (tertiary/aromatic N) is 2. The molecule has 2 amide bonds. The van der Waals surface area contributed by atoms with Crippen molar-refractivity contribution in [3.63, 3.8) is 0 Å². The van der Waals surface area contributed by atoms with E-state index in [9.17, 15) is 9.59 Å². The second-order valence-corrected chi connectivity index (χ2v) is 4.74. The molecule has 0 aromatic carbocycles. The number of hydrogen-bond acceptors (Lipinski definition) is 4. The summed E-state index contributed by atoms with van der Waals surface area (Å²) < 4.78 is 0. The molecule has 1 aromatic heterocycles. The summed E-state index contributed by atoms with van der Waals surface area (Å²) in [6.07, 6.45) is 3.23. The van der Waals surface area contributed by atoms with Gasteiger partial charge in [0.2, 0.25) is 5.91 Å². The lowest BCUT2D eigenvalue weighted by atomic mass is 10.1. The summed E-state index contributed by atoms with van der Waals surface area (Å²) in [4.78, 5) is 25.5. The quantitative estimate of drug-likeness (QED) is 0.717. The molecule has 1 saturated heterocycles. The van der Waals surface area contributed by atoms with Gasteiger partial charge in [-0.3, -0.25) is 14.7 Å². The Morgan fingerprint density at radius 2 is 2.05 bits per heavy atom. The van der Waals surface area contributed by atoms with Crippen LogP contribution < -0.4 is 11.1 Å². The Labute approximate surface area is 111 Å². The number of aryl methyl sites for hydroxylation is 1. The lowest BCUT2D eigenvalue weighted by Gasteiger charge is -2.26. The summed E-state index contributed by atoms with van der Waals surface area (Å²) in [7, 11) is 0. The lowest BCUT2D eigenvalue weighted by molar-refractivity contribution is -0.130. The Morgan fingerprint density at radius 1 is 1.37 bits per heavy atom. The number of likely N-dealkylation sites (tertiary alicyclic amines) is 1. The van der Waals surface area contributed by atoms with Crippen molar-refractivity contribution in [3.8, 4) is 0 Å². The number of piperidine rings is 1. The fourth-order valence-corrected chi connectivity index (χ4v) is 2.11. The summed E-state index contributed by atoms with van der Waals surface area (Å²) >= 11 is 0. The van der Waals surface area contributed by atoms with Crippen molar-refractivity contribution < 1.29 is 9.59 Å². The van der Waals surface area contributed by atoms with Crippen molar-refractivity contribution in [3.05, 3.63) is 11.4 Å². The van der Waals surface area contributed by atoms with E-state index in [0.717, 1.165) is 25.9 Å². The van der Waals surface area contributed by atoms with Crippen molar-refractivity contribution in [2.24, 2.45) is 0 Å². The molecule has 1 aliphatic rings. The molecule has 0 bridgehead atoms. The van der Waals surface area contributed by atoms with Crippen LogP contribution >= 0.6 is 0 Å². The molecule has 0 unspecified atom stereocenters. The van der Waals surface area contributed by atoms with E-state index in [1.54, 1.807) is 11.8 Å². The minimum Gasteiger partial charge on any atom is -0.395 e. The number of nitrogens with two attached hydrogens (primary N) is 1. The number of amides is 2. The van der Waals surface area contributed by atoms with E-state index in [1.807, 2.05) is 0 Å². The maximum absolute atomic E-state index is 11.9. The Bertz CT molecular complexity index is 476. The number of carbonyl (C=O) groups is 2. The predicted molar refractivity (Wildman–Crippen MR) is 70.5 cm³/mol. The molecule has 4 N–H and O–H groups in total. The van der Waals surface area contributed by atoms with Crippen molar-refractivity contribution in [1.29, 1.82) is 0 Å². The normalized spacial score (nSPS) is 15.3. The van der Waals surface area contributed by atoms with Crippen molar-refractivity contribution >= 4 is 17.5 Å². The van der Waals surface area contributed by atoms with Crippen LogP contribution in [0.3, 0.4) is 0 Å². The molecule has 104 valence electrons. The maximum atomic E-state index is 11.9. The summed E-state index contributed by atoms with van der Waals surface area (Å²) in [6, 6.07) is 0. The minimum absolute atomic E-state index is 0.00974. The molecule has 7 heteroatoms. The number of aromatic nitrogens is 2. The standard InChI is InChI=1S/C12H19N5O2/c1-8-10(13)11(16-15-8)12(19)14-7-9(18)17-5-3-2-4-6-17/h2-7,13H2,1H3,(H,14,19)(H,15,16). The molecule has 0 saturated carbocycles. The summed E-state index contributed by atoms with van der Waals surface area (Å²) in [6.45, 7) is 3.28. The van der Waals surface area contributed by atoms with Gasteiger partial charge in [-0.25, -0.2) is 0 Å². The van der Waals surface area contributed by atoms with E-state index in [1.165, 1.54) is 6.42 Å². The van der Waals surface area contributed by atoms with Crippen LogP contribution in [0.25, 0.3) is 0 Å². The van der Waals surface area contributed by atoms with Gasteiger partial charge in [0.05, 0.1) is 17.9 Å². The van der Waals surface area contributed by atoms with E-state index < -0.39 is 5.91 Å². The van der Waals surface area contributed by atoms with Gasteiger partial charge in [-0.2, -0.15) is 5.10 Å². The molecular formula is C12H19N5O2. The van der Waals surface area contributed by atoms with Gasteiger partial charge in [-0.05, 0) is 26.2 Å². The van der Waals surface area contributed by atoms with E-state index in [-0.39, 0.29) is 18.1 Å². The van der Waals surface area contributed by atoms with Gasteiger partial charge in [-0.15, -0.1) is 0 Å². The van der Waals surface area contributed by atoms with Gasteiger partial charge in [0, 0.05) is 13.1 Å². The third-order valence-corrected chi connectivity index (χ3v) is 3.32. The fourth-order valence-electron chi connectivity index (χ4n) is 2.11. The molecule has 2 rings (SSSR count). The third-order valence-electron chi connectivity index (χ3n) is 3.32. The van der Waals surface area contributed by atoms with Crippen LogP contribution in [0.15, 0.2) is 0 Å². The van der Waals surface area contributed by atoms with Crippen LogP contribution in [-0.4, -0.2) is 46.5 Å². The van der Waals surface area contributed by atoms with Crippen LogP contribution in [0.4, 0.5) is 5.69 Å². The molecule has 1 fully saturated rings. The summed E-state index contributed by atoms with van der Waals surface area (Å²) in [5, 5.41) is 9.01. The van der Waals surface area contributed by atoms with Crippen LogP contribution in [0.2, 0.25) is 0 Å². The Kier molecular flexibility index (Phi) is 4.03. The molecule has 2 heterocycles. The zero-order chi connectivity index (χ0) is 13.8. The smallest absolute Gasteiger partial charge is 0.274 e. The SMILES string of the molecule is Cc1[nH]nc(C(=O)NCC(=O)N2CCCCC2)c1N. The highest BCUT2D eigenvalue weighted by Gasteiger charge is 2.19. The average molecular weight is 265 g/mol. The van der Waals surface area contributed by atoms with E-state index in [2.05, 4.69) is 15.5 Å². The van der Waals surface area contributed by atoms with Gasteiger partial charge in [-0.1, -0.05) is 0 Å². The number of nitrogen functional groups attached to an aromatic ring is 1. The highest BCUT2D eigenvalue weighted by atomic mass is 16.2. The second kappa shape index (κ2) is 5.73. The monoisotopic (exact) mass is 265 g/mol. The van der Waals surface area contributed by atoms with Crippen LogP contribution in [0.5, 0.6) is 0 Å². The Morgan fingerprint density at radius 3 is 2.63 bits per heavy atom. The van der Waals surface area contributed by atoms with Crippen molar-refractivity contribution in [2.45, 2.75) is 26.2 Å². The van der Waals surface area contributed by atoms with Crippen LogP contribution in [0, 0.1) is 6.92 Å². The Hall–Kier alpha value is -2.05. The van der Waals surface area contributed by atoms with Gasteiger partial charge in [0.1, 0.15) is 0 Å². The van der Waals surface area contributed by atoms with Gasteiger partial charge >= 0.3 is 0 Å². The highest BCUT2D eigenvalue weighted by Crippen LogP contribution is 2.12. The fraction of sp³-hybridized carbons (Fsp3) is 0.583. The van der Waals surface area contributed by atoms with Crippen LogP contribution in [0.1, 0.15) is 35.4 Å². The molecule has 7 nitrogen and oxygen atoms in total. The first-order chi connectivity index (χ1) is 9.09. The van der Waals surface area contributed by atoms with Gasteiger partial charge in [0.15, 0.2) is 5.69 Å². The first-order valence-electron chi connectivity index (χ1n) is 6.46. The number of H-pyrrole nitrogens is 1. The lowest BCUT2D eigenvalue weighted by Crippen LogP contribution is -2.42. The zero-order valence-corrected chi connectivity index (χ0v) is 11.0. The number of carbonyl (C=O) groups excluding carboxylic acids is 2. The van der Waals surface area contributed by atoms with Crippen molar-refractivity contribution in [2.75, 3.05) is 25.4 Å². The highest BCUT2D eigenvalue weighted by molar-refractivity contribution is 5.99. The van der Waals surface area contributed by atoms with E-state index in [4.69, 9.17) is 5.73 Å². The number of aromatic amines is 1. The van der Waals surface area contributed by atoms with Gasteiger partial charge < -0.3 is 16.0 Å².